The molecule has 1 aliphatic heterocycles. The maximum absolute atomic E-state index is 6.24. The summed E-state index contributed by atoms with van der Waals surface area (Å²) in [4.78, 5) is 2.40. The molecule has 0 bridgehead atoms. The number of hydrogen-bond acceptors (Lipinski definition) is 3. The van der Waals surface area contributed by atoms with E-state index in [2.05, 4.69) is 27.8 Å². The van der Waals surface area contributed by atoms with Gasteiger partial charge in [0, 0.05) is 35.2 Å². The minimum absolute atomic E-state index is 0.0150. The summed E-state index contributed by atoms with van der Waals surface area (Å²) in [6, 6.07) is 5.86. The first kappa shape index (κ1) is 15.3. The first-order chi connectivity index (χ1) is 9.06. The van der Waals surface area contributed by atoms with Crippen molar-refractivity contribution in [2.75, 3.05) is 26.2 Å². The van der Waals surface area contributed by atoms with E-state index in [0.717, 1.165) is 47.7 Å². The van der Waals surface area contributed by atoms with Gasteiger partial charge in [-0.15, -0.1) is 0 Å². The predicted molar refractivity (Wildman–Crippen MR) is 82.6 cm³/mol. The molecule has 0 radical (unpaired) electrons. The van der Waals surface area contributed by atoms with E-state index in [1.54, 1.807) is 0 Å². The Morgan fingerprint density at radius 2 is 2.37 bits per heavy atom. The lowest BCUT2D eigenvalue weighted by molar-refractivity contribution is -0.0189. The van der Waals surface area contributed by atoms with Crippen molar-refractivity contribution in [3.05, 3.63) is 33.3 Å². The van der Waals surface area contributed by atoms with Gasteiger partial charge >= 0.3 is 0 Å². The second kappa shape index (κ2) is 7.04. The van der Waals surface area contributed by atoms with Gasteiger partial charge in [0.25, 0.3) is 0 Å². The number of halogens is 2. The average molecular weight is 348 g/mol. The molecule has 19 heavy (non-hydrogen) atoms. The van der Waals surface area contributed by atoms with Gasteiger partial charge in [0.1, 0.15) is 0 Å². The van der Waals surface area contributed by atoms with Crippen molar-refractivity contribution in [1.82, 2.24) is 4.90 Å². The molecule has 0 aliphatic carbocycles. The lowest BCUT2D eigenvalue weighted by atomic mass is 10.0. The molecule has 0 saturated carbocycles. The minimum atomic E-state index is -0.0150. The molecule has 2 unspecified atom stereocenters. The molecule has 1 fully saturated rings. The highest BCUT2D eigenvalue weighted by Gasteiger charge is 2.18. The highest BCUT2D eigenvalue weighted by atomic mass is 79.9. The molecule has 1 aromatic carbocycles. The molecule has 1 aromatic rings. The van der Waals surface area contributed by atoms with Crippen molar-refractivity contribution >= 4 is 27.5 Å². The predicted octanol–water partition coefficient (Wildman–Crippen LogP) is 3.21. The van der Waals surface area contributed by atoms with E-state index >= 15 is 0 Å². The molecule has 106 valence electrons. The Morgan fingerprint density at radius 1 is 1.58 bits per heavy atom. The largest absolute Gasteiger partial charge is 0.376 e. The number of rotatable bonds is 4. The third-order valence-electron chi connectivity index (χ3n) is 3.44. The van der Waals surface area contributed by atoms with Crippen LogP contribution in [0, 0.1) is 0 Å². The summed E-state index contributed by atoms with van der Waals surface area (Å²) in [5.74, 6) is 0. The van der Waals surface area contributed by atoms with Gasteiger partial charge in [-0.1, -0.05) is 33.6 Å². The van der Waals surface area contributed by atoms with E-state index in [9.17, 15) is 0 Å². The molecule has 2 rings (SSSR count). The van der Waals surface area contributed by atoms with Crippen LogP contribution >= 0.6 is 27.5 Å². The molecule has 0 aromatic heterocycles. The zero-order chi connectivity index (χ0) is 13.8. The SMILES string of the molecule is CC1CN(CCC(N)c2ccc(Br)cc2Cl)CCO1. The molecule has 2 N–H and O–H groups in total. The molecular weight excluding hydrogens is 328 g/mol. The first-order valence-electron chi connectivity index (χ1n) is 6.60. The Kier molecular flexibility index (Phi) is 5.66. The quantitative estimate of drug-likeness (QED) is 0.909. The van der Waals surface area contributed by atoms with Crippen LogP contribution in [0.3, 0.4) is 0 Å². The third-order valence-corrected chi connectivity index (χ3v) is 4.26. The van der Waals surface area contributed by atoms with E-state index in [1.807, 2.05) is 18.2 Å². The second-order valence-corrected chi connectivity index (χ2v) is 6.37. The van der Waals surface area contributed by atoms with Crippen LogP contribution in [0.5, 0.6) is 0 Å². The van der Waals surface area contributed by atoms with Crippen LogP contribution in [0.2, 0.25) is 5.02 Å². The van der Waals surface area contributed by atoms with Crippen molar-refractivity contribution in [3.63, 3.8) is 0 Å². The molecule has 0 amide bonds. The summed E-state index contributed by atoms with van der Waals surface area (Å²) in [6.07, 6.45) is 1.23. The van der Waals surface area contributed by atoms with E-state index < -0.39 is 0 Å². The van der Waals surface area contributed by atoms with E-state index in [4.69, 9.17) is 22.1 Å². The lowest BCUT2D eigenvalue weighted by Gasteiger charge is -2.31. The van der Waals surface area contributed by atoms with Gasteiger partial charge in [-0.05, 0) is 31.0 Å². The van der Waals surface area contributed by atoms with Gasteiger partial charge in [0.2, 0.25) is 0 Å². The van der Waals surface area contributed by atoms with Crippen LogP contribution in [0.15, 0.2) is 22.7 Å². The molecule has 1 aliphatic rings. The Hall–Kier alpha value is -0.130. The fourth-order valence-corrected chi connectivity index (χ4v) is 3.19. The Labute approximate surface area is 128 Å². The van der Waals surface area contributed by atoms with Gasteiger partial charge < -0.3 is 10.5 Å². The van der Waals surface area contributed by atoms with Gasteiger partial charge in [0.15, 0.2) is 0 Å². The molecule has 0 spiro atoms. The highest BCUT2D eigenvalue weighted by molar-refractivity contribution is 9.10. The molecular formula is C14H20BrClN2O. The Bertz CT molecular complexity index is 430. The van der Waals surface area contributed by atoms with Crippen molar-refractivity contribution in [2.24, 2.45) is 5.73 Å². The topological polar surface area (TPSA) is 38.5 Å². The number of nitrogens with two attached hydrogens (primary N) is 1. The fourth-order valence-electron chi connectivity index (χ4n) is 2.37. The number of ether oxygens (including phenoxy) is 1. The molecule has 5 heteroatoms. The van der Waals surface area contributed by atoms with Crippen LogP contribution in [0.4, 0.5) is 0 Å². The zero-order valence-electron chi connectivity index (χ0n) is 11.1. The van der Waals surface area contributed by atoms with Crippen molar-refractivity contribution in [1.29, 1.82) is 0 Å². The van der Waals surface area contributed by atoms with Crippen molar-refractivity contribution < 1.29 is 4.74 Å². The van der Waals surface area contributed by atoms with Crippen LogP contribution < -0.4 is 5.73 Å². The third kappa shape index (κ3) is 4.43. The summed E-state index contributed by atoms with van der Waals surface area (Å²) >= 11 is 9.63. The van der Waals surface area contributed by atoms with E-state index in [1.165, 1.54) is 0 Å². The second-order valence-electron chi connectivity index (χ2n) is 5.04. The van der Waals surface area contributed by atoms with Crippen molar-refractivity contribution in [3.8, 4) is 0 Å². The van der Waals surface area contributed by atoms with Crippen LogP contribution in [0.25, 0.3) is 0 Å². The number of benzene rings is 1. The molecule has 1 heterocycles. The van der Waals surface area contributed by atoms with Crippen LogP contribution in [-0.4, -0.2) is 37.2 Å². The molecule has 1 saturated heterocycles. The van der Waals surface area contributed by atoms with Gasteiger partial charge in [0.05, 0.1) is 12.7 Å². The molecule has 2 atom stereocenters. The van der Waals surface area contributed by atoms with Crippen molar-refractivity contribution in [2.45, 2.75) is 25.5 Å². The first-order valence-corrected chi connectivity index (χ1v) is 7.78. The summed E-state index contributed by atoms with van der Waals surface area (Å²) < 4.78 is 6.51. The smallest absolute Gasteiger partial charge is 0.0674 e. The highest BCUT2D eigenvalue weighted by Crippen LogP contribution is 2.27. The summed E-state index contributed by atoms with van der Waals surface area (Å²) in [7, 11) is 0. The minimum Gasteiger partial charge on any atom is -0.376 e. The normalized spacial score (nSPS) is 22.4. The monoisotopic (exact) mass is 346 g/mol. The van der Waals surface area contributed by atoms with Gasteiger partial charge in [-0.25, -0.2) is 0 Å². The standard InChI is InChI=1S/C14H20BrClN2O/c1-10-9-18(6-7-19-10)5-4-14(17)12-3-2-11(15)8-13(12)16/h2-3,8,10,14H,4-7,9,17H2,1H3. The zero-order valence-corrected chi connectivity index (χ0v) is 13.5. The van der Waals surface area contributed by atoms with Gasteiger partial charge in [-0.2, -0.15) is 0 Å². The summed E-state index contributed by atoms with van der Waals surface area (Å²) in [5, 5.41) is 0.734. The lowest BCUT2D eigenvalue weighted by Crippen LogP contribution is -2.42. The average Bonchev–Trinajstić information content (AvgIpc) is 2.36. The van der Waals surface area contributed by atoms with Crippen LogP contribution in [-0.2, 0) is 4.74 Å². The van der Waals surface area contributed by atoms with Gasteiger partial charge in [-0.3, -0.25) is 4.90 Å². The number of nitrogens with zero attached hydrogens (tertiary/aromatic N) is 1. The van der Waals surface area contributed by atoms with E-state index in [-0.39, 0.29) is 6.04 Å². The fraction of sp³-hybridized carbons (Fsp3) is 0.571. The Morgan fingerprint density at radius 3 is 3.05 bits per heavy atom. The number of hydrogen-bond donors (Lipinski definition) is 1. The number of morpholine rings is 1. The molecule has 3 nitrogen and oxygen atoms in total. The maximum Gasteiger partial charge on any atom is 0.0674 e. The summed E-state index contributed by atoms with van der Waals surface area (Å²) in [6.45, 7) is 5.89. The van der Waals surface area contributed by atoms with Crippen LogP contribution in [0.1, 0.15) is 24.9 Å². The Balaban J connectivity index is 1.88. The maximum atomic E-state index is 6.24. The summed E-state index contributed by atoms with van der Waals surface area (Å²) in [5.41, 5.74) is 7.26. The van der Waals surface area contributed by atoms with E-state index in [0.29, 0.717) is 6.10 Å².